The summed E-state index contributed by atoms with van der Waals surface area (Å²) < 4.78 is 3.03. The van der Waals surface area contributed by atoms with Crippen molar-refractivity contribution >= 4 is 15.9 Å². The van der Waals surface area contributed by atoms with Crippen molar-refractivity contribution in [3.63, 3.8) is 0 Å². The van der Waals surface area contributed by atoms with Gasteiger partial charge in [-0.2, -0.15) is 5.10 Å². The lowest BCUT2D eigenvalue weighted by molar-refractivity contribution is 0.342. The van der Waals surface area contributed by atoms with Crippen molar-refractivity contribution in [3.8, 4) is 0 Å². The third-order valence-electron chi connectivity index (χ3n) is 1.89. The largest absolute Gasteiger partial charge is 0.263 e. The van der Waals surface area contributed by atoms with Gasteiger partial charge >= 0.3 is 0 Å². The second kappa shape index (κ2) is 3.82. The van der Waals surface area contributed by atoms with Gasteiger partial charge in [-0.05, 0) is 49.2 Å². The SMILES string of the molecule is CCCc1cc(Br)nn1C(C)(C)C. The Labute approximate surface area is 88.5 Å². The molecule has 2 nitrogen and oxygen atoms in total. The maximum absolute atomic E-state index is 4.43. The first-order valence-corrected chi connectivity index (χ1v) is 5.49. The second-order valence-corrected chi connectivity index (χ2v) is 5.10. The van der Waals surface area contributed by atoms with Gasteiger partial charge in [-0.25, -0.2) is 0 Å². The molecular weight excluding hydrogens is 228 g/mol. The molecule has 0 amide bonds. The Bertz CT molecular complexity index is 284. The van der Waals surface area contributed by atoms with E-state index in [4.69, 9.17) is 0 Å². The minimum Gasteiger partial charge on any atom is -0.263 e. The molecule has 0 radical (unpaired) electrons. The van der Waals surface area contributed by atoms with Gasteiger partial charge in [0.2, 0.25) is 0 Å². The van der Waals surface area contributed by atoms with E-state index in [9.17, 15) is 0 Å². The predicted molar refractivity (Wildman–Crippen MR) is 58.9 cm³/mol. The van der Waals surface area contributed by atoms with Crippen LogP contribution in [-0.2, 0) is 12.0 Å². The molecule has 1 aromatic rings. The van der Waals surface area contributed by atoms with Crippen molar-refractivity contribution in [1.29, 1.82) is 0 Å². The van der Waals surface area contributed by atoms with E-state index < -0.39 is 0 Å². The van der Waals surface area contributed by atoms with Gasteiger partial charge in [0.25, 0.3) is 0 Å². The number of nitrogens with zero attached hydrogens (tertiary/aromatic N) is 2. The summed E-state index contributed by atoms with van der Waals surface area (Å²) in [6, 6.07) is 2.11. The molecule has 0 aliphatic carbocycles. The Balaban J connectivity index is 3.04. The number of aryl methyl sites for hydroxylation is 1. The molecule has 74 valence electrons. The number of halogens is 1. The van der Waals surface area contributed by atoms with Crippen molar-refractivity contribution in [1.82, 2.24) is 9.78 Å². The molecule has 0 saturated carbocycles. The van der Waals surface area contributed by atoms with E-state index in [2.05, 4.69) is 59.5 Å². The Hall–Kier alpha value is -0.310. The smallest absolute Gasteiger partial charge is 0.128 e. The molecule has 0 unspecified atom stereocenters. The van der Waals surface area contributed by atoms with E-state index in [-0.39, 0.29) is 5.54 Å². The zero-order valence-electron chi connectivity index (χ0n) is 8.76. The van der Waals surface area contributed by atoms with Gasteiger partial charge < -0.3 is 0 Å². The maximum Gasteiger partial charge on any atom is 0.128 e. The number of rotatable bonds is 2. The average molecular weight is 245 g/mol. The zero-order valence-corrected chi connectivity index (χ0v) is 10.3. The van der Waals surface area contributed by atoms with Crippen LogP contribution in [0.15, 0.2) is 10.7 Å². The van der Waals surface area contributed by atoms with Crippen LogP contribution in [0.1, 0.15) is 39.8 Å². The third-order valence-corrected chi connectivity index (χ3v) is 2.28. The van der Waals surface area contributed by atoms with Crippen molar-refractivity contribution in [2.24, 2.45) is 0 Å². The minimum atomic E-state index is 0.0799. The summed E-state index contributed by atoms with van der Waals surface area (Å²) in [5, 5.41) is 4.43. The monoisotopic (exact) mass is 244 g/mol. The summed E-state index contributed by atoms with van der Waals surface area (Å²) in [5.41, 5.74) is 1.39. The molecule has 0 atom stereocenters. The van der Waals surface area contributed by atoms with Crippen LogP contribution in [0.2, 0.25) is 0 Å². The van der Waals surface area contributed by atoms with E-state index in [1.807, 2.05) is 0 Å². The predicted octanol–water partition coefficient (Wildman–Crippen LogP) is 3.35. The lowest BCUT2D eigenvalue weighted by Gasteiger charge is -2.22. The van der Waals surface area contributed by atoms with Gasteiger partial charge in [-0.3, -0.25) is 4.68 Å². The summed E-state index contributed by atoms with van der Waals surface area (Å²) >= 11 is 3.41. The average Bonchev–Trinajstić information content (AvgIpc) is 2.30. The molecule has 1 rings (SSSR count). The molecule has 0 N–H and O–H groups in total. The van der Waals surface area contributed by atoms with Gasteiger partial charge in [0, 0.05) is 5.69 Å². The molecular formula is C10H17BrN2. The van der Waals surface area contributed by atoms with E-state index in [0.717, 1.165) is 17.4 Å². The Kier molecular flexibility index (Phi) is 3.17. The van der Waals surface area contributed by atoms with Crippen LogP contribution in [0.5, 0.6) is 0 Å². The molecule has 0 aliphatic heterocycles. The highest BCUT2D eigenvalue weighted by molar-refractivity contribution is 9.10. The summed E-state index contributed by atoms with van der Waals surface area (Å²) in [6.07, 6.45) is 2.25. The van der Waals surface area contributed by atoms with Crippen molar-refractivity contribution in [3.05, 3.63) is 16.4 Å². The summed E-state index contributed by atoms with van der Waals surface area (Å²) in [5.74, 6) is 0. The Morgan fingerprint density at radius 3 is 2.54 bits per heavy atom. The number of hydrogen-bond acceptors (Lipinski definition) is 1. The van der Waals surface area contributed by atoms with Crippen LogP contribution in [0.25, 0.3) is 0 Å². The molecule has 1 heterocycles. The Morgan fingerprint density at radius 1 is 1.46 bits per heavy atom. The van der Waals surface area contributed by atoms with Gasteiger partial charge in [0.1, 0.15) is 4.60 Å². The van der Waals surface area contributed by atoms with Gasteiger partial charge in [0.15, 0.2) is 0 Å². The second-order valence-electron chi connectivity index (χ2n) is 4.29. The molecule has 0 spiro atoms. The fourth-order valence-corrected chi connectivity index (χ4v) is 1.83. The molecule has 3 heteroatoms. The molecule has 0 aliphatic rings. The molecule has 0 aromatic carbocycles. The highest BCUT2D eigenvalue weighted by atomic mass is 79.9. The van der Waals surface area contributed by atoms with Crippen LogP contribution >= 0.6 is 15.9 Å². The topological polar surface area (TPSA) is 17.8 Å². The van der Waals surface area contributed by atoms with Gasteiger partial charge in [0.05, 0.1) is 5.54 Å². The van der Waals surface area contributed by atoms with E-state index in [0.29, 0.717) is 0 Å². The third kappa shape index (κ3) is 2.56. The standard InChI is InChI=1S/C10H17BrN2/c1-5-6-8-7-9(11)12-13(8)10(2,3)4/h7H,5-6H2,1-4H3. The maximum atomic E-state index is 4.43. The zero-order chi connectivity index (χ0) is 10.1. The molecule has 13 heavy (non-hydrogen) atoms. The Morgan fingerprint density at radius 2 is 2.08 bits per heavy atom. The highest BCUT2D eigenvalue weighted by Gasteiger charge is 2.18. The summed E-state index contributed by atoms with van der Waals surface area (Å²) in [7, 11) is 0. The quantitative estimate of drug-likeness (QED) is 0.781. The van der Waals surface area contributed by atoms with Crippen molar-refractivity contribution in [2.45, 2.75) is 46.1 Å². The van der Waals surface area contributed by atoms with Crippen molar-refractivity contribution in [2.75, 3.05) is 0 Å². The summed E-state index contributed by atoms with van der Waals surface area (Å²) in [4.78, 5) is 0. The van der Waals surface area contributed by atoms with E-state index >= 15 is 0 Å². The van der Waals surface area contributed by atoms with Crippen molar-refractivity contribution < 1.29 is 0 Å². The first kappa shape index (κ1) is 10.8. The molecule has 1 aromatic heterocycles. The first-order chi connectivity index (χ1) is 5.95. The van der Waals surface area contributed by atoms with Gasteiger partial charge in [-0.1, -0.05) is 13.3 Å². The van der Waals surface area contributed by atoms with Crippen LogP contribution in [0.4, 0.5) is 0 Å². The lowest BCUT2D eigenvalue weighted by atomic mass is 10.1. The molecule has 0 bridgehead atoms. The van der Waals surface area contributed by atoms with E-state index in [1.165, 1.54) is 5.69 Å². The van der Waals surface area contributed by atoms with Crippen LogP contribution in [-0.4, -0.2) is 9.78 Å². The number of aromatic nitrogens is 2. The normalized spacial score (nSPS) is 12.1. The van der Waals surface area contributed by atoms with E-state index in [1.54, 1.807) is 0 Å². The summed E-state index contributed by atoms with van der Waals surface area (Å²) in [6.45, 7) is 8.71. The first-order valence-electron chi connectivity index (χ1n) is 4.70. The minimum absolute atomic E-state index is 0.0799. The van der Waals surface area contributed by atoms with Crippen LogP contribution < -0.4 is 0 Å². The fourth-order valence-electron chi connectivity index (χ4n) is 1.40. The molecule has 0 saturated heterocycles. The van der Waals surface area contributed by atoms with Crippen LogP contribution in [0.3, 0.4) is 0 Å². The number of hydrogen-bond donors (Lipinski definition) is 0. The highest BCUT2D eigenvalue weighted by Crippen LogP contribution is 2.20. The fraction of sp³-hybridized carbons (Fsp3) is 0.700. The van der Waals surface area contributed by atoms with Gasteiger partial charge in [-0.15, -0.1) is 0 Å². The molecule has 0 fully saturated rings. The van der Waals surface area contributed by atoms with Crippen LogP contribution in [0, 0.1) is 0 Å². The lowest BCUT2D eigenvalue weighted by Crippen LogP contribution is -2.25.